The summed E-state index contributed by atoms with van der Waals surface area (Å²) in [5, 5.41) is -0.330. The van der Waals surface area contributed by atoms with Gasteiger partial charge in [0.2, 0.25) is 5.91 Å². The zero-order valence-corrected chi connectivity index (χ0v) is 15.1. The molecule has 1 aromatic rings. The van der Waals surface area contributed by atoms with Crippen molar-refractivity contribution in [1.82, 2.24) is 9.80 Å². The third-order valence-electron chi connectivity index (χ3n) is 4.12. The molecule has 6 nitrogen and oxygen atoms in total. The maximum absolute atomic E-state index is 12.4. The van der Waals surface area contributed by atoms with Crippen molar-refractivity contribution >= 4 is 34.9 Å². The maximum Gasteiger partial charge on any atom is 0.293 e. The van der Waals surface area contributed by atoms with Gasteiger partial charge in [-0.1, -0.05) is 42.5 Å². The van der Waals surface area contributed by atoms with Crippen molar-refractivity contribution in [3.63, 3.8) is 0 Å². The first kappa shape index (κ1) is 18.4. The first-order valence-electron chi connectivity index (χ1n) is 8.48. The monoisotopic (exact) mass is 372 g/mol. The van der Waals surface area contributed by atoms with Gasteiger partial charge in [0.05, 0.1) is 18.1 Å². The van der Waals surface area contributed by atoms with E-state index < -0.39 is 0 Å². The van der Waals surface area contributed by atoms with Crippen molar-refractivity contribution in [3.8, 4) is 0 Å². The second-order valence-electron chi connectivity index (χ2n) is 5.87. The molecular weight excluding hydrogens is 352 g/mol. The molecule has 0 aromatic heterocycles. The fourth-order valence-electron chi connectivity index (χ4n) is 2.70. The van der Waals surface area contributed by atoms with E-state index in [9.17, 15) is 14.4 Å². The summed E-state index contributed by atoms with van der Waals surface area (Å²) in [7, 11) is 0. The van der Waals surface area contributed by atoms with Crippen LogP contribution in [0.3, 0.4) is 0 Å². The highest BCUT2D eigenvalue weighted by molar-refractivity contribution is 8.18. The zero-order chi connectivity index (χ0) is 18.4. The van der Waals surface area contributed by atoms with Gasteiger partial charge in [0.15, 0.2) is 0 Å². The molecule has 26 heavy (non-hydrogen) atoms. The van der Waals surface area contributed by atoms with E-state index in [0.717, 1.165) is 22.2 Å². The summed E-state index contributed by atoms with van der Waals surface area (Å²) in [5.41, 5.74) is 1.01. The Kier molecular flexibility index (Phi) is 6.25. The predicted octanol–water partition coefficient (Wildman–Crippen LogP) is 2.53. The fourth-order valence-corrected chi connectivity index (χ4v) is 3.51. The minimum Gasteiger partial charge on any atom is -0.378 e. The van der Waals surface area contributed by atoms with Crippen LogP contribution in [-0.4, -0.2) is 59.7 Å². The molecule has 0 radical (unpaired) electrons. The number of allylic oxidation sites excluding steroid dienone is 2. The molecule has 2 heterocycles. The minimum absolute atomic E-state index is 0.0553. The molecule has 3 rings (SSSR count). The first-order chi connectivity index (χ1) is 12.6. The number of thioether (sulfide) groups is 1. The highest BCUT2D eigenvalue weighted by Crippen LogP contribution is 2.30. The Balaban J connectivity index is 1.55. The van der Waals surface area contributed by atoms with E-state index in [2.05, 4.69) is 0 Å². The lowest BCUT2D eigenvalue weighted by molar-refractivity contribution is -0.135. The van der Waals surface area contributed by atoms with Crippen LogP contribution in [0, 0.1) is 0 Å². The number of carbonyl (C=O) groups excluding carboxylic acids is 3. The molecule has 1 aromatic carbocycles. The average Bonchev–Trinajstić information content (AvgIpc) is 2.94. The first-order valence-corrected chi connectivity index (χ1v) is 9.29. The molecule has 0 aliphatic carbocycles. The highest BCUT2D eigenvalue weighted by Gasteiger charge is 2.35. The molecule has 7 heteroatoms. The van der Waals surface area contributed by atoms with Crippen molar-refractivity contribution in [1.29, 1.82) is 0 Å². The van der Waals surface area contributed by atoms with Crippen LogP contribution in [0.15, 0.2) is 47.4 Å². The van der Waals surface area contributed by atoms with Gasteiger partial charge >= 0.3 is 0 Å². The summed E-state index contributed by atoms with van der Waals surface area (Å²) in [5.74, 6) is -0.396. The van der Waals surface area contributed by atoms with Crippen molar-refractivity contribution in [2.45, 2.75) is 6.42 Å². The molecular formula is C19H20N2O4S. The summed E-state index contributed by atoms with van der Waals surface area (Å²) in [6, 6.07) is 9.69. The molecule has 0 unspecified atom stereocenters. The summed E-state index contributed by atoms with van der Waals surface area (Å²) in [4.78, 5) is 39.9. The van der Waals surface area contributed by atoms with E-state index in [4.69, 9.17) is 4.74 Å². The topological polar surface area (TPSA) is 66.9 Å². The average molecular weight is 372 g/mol. The van der Waals surface area contributed by atoms with Gasteiger partial charge in [-0.2, -0.15) is 0 Å². The standard InChI is InChI=1S/C19H20N2O4S/c22-17(20-11-13-25-14-12-20)9-10-21-18(23)16(26-19(21)24)8-4-7-15-5-2-1-3-6-15/h1-8H,9-14H2. The van der Waals surface area contributed by atoms with Gasteiger partial charge in [-0.05, 0) is 23.4 Å². The van der Waals surface area contributed by atoms with E-state index in [-0.39, 0.29) is 30.0 Å². The molecule has 2 fully saturated rings. The third kappa shape index (κ3) is 4.62. The van der Waals surface area contributed by atoms with Crippen LogP contribution in [0.4, 0.5) is 4.79 Å². The van der Waals surface area contributed by atoms with Gasteiger partial charge in [-0.15, -0.1) is 0 Å². The van der Waals surface area contributed by atoms with Crippen molar-refractivity contribution in [2.24, 2.45) is 0 Å². The second-order valence-corrected chi connectivity index (χ2v) is 6.86. The van der Waals surface area contributed by atoms with Gasteiger partial charge < -0.3 is 9.64 Å². The number of hydrogen-bond donors (Lipinski definition) is 0. The molecule has 0 N–H and O–H groups in total. The Bertz CT molecular complexity index is 739. The van der Waals surface area contributed by atoms with Crippen LogP contribution in [-0.2, 0) is 14.3 Å². The molecule has 2 aliphatic rings. The van der Waals surface area contributed by atoms with E-state index in [1.165, 1.54) is 0 Å². The number of rotatable bonds is 5. The van der Waals surface area contributed by atoms with Crippen LogP contribution < -0.4 is 0 Å². The fraction of sp³-hybridized carbons (Fsp3) is 0.316. The maximum atomic E-state index is 12.4. The lowest BCUT2D eigenvalue weighted by Gasteiger charge is -2.27. The van der Waals surface area contributed by atoms with Gasteiger partial charge in [0, 0.05) is 26.1 Å². The van der Waals surface area contributed by atoms with E-state index in [1.54, 1.807) is 17.1 Å². The number of benzene rings is 1. The Labute approximate surface area is 156 Å². The van der Waals surface area contributed by atoms with Crippen molar-refractivity contribution < 1.29 is 19.1 Å². The number of imide groups is 1. The van der Waals surface area contributed by atoms with Gasteiger partial charge in [0.1, 0.15) is 0 Å². The molecule has 2 aliphatic heterocycles. The second kappa shape index (κ2) is 8.82. The molecule has 0 saturated carbocycles. The SMILES string of the molecule is O=C(CCN1C(=O)SC(=CC=Cc2ccccc2)C1=O)N1CCOCC1. The predicted molar refractivity (Wildman–Crippen MR) is 100 cm³/mol. The molecule has 0 spiro atoms. The Morgan fingerprint density at radius 3 is 2.62 bits per heavy atom. The van der Waals surface area contributed by atoms with Gasteiger partial charge in [0.25, 0.3) is 11.1 Å². The van der Waals surface area contributed by atoms with E-state index in [0.29, 0.717) is 31.2 Å². The number of carbonyl (C=O) groups is 3. The summed E-state index contributed by atoms with van der Waals surface area (Å²) in [6.45, 7) is 2.30. The van der Waals surface area contributed by atoms with Crippen molar-refractivity contribution in [2.75, 3.05) is 32.8 Å². The highest BCUT2D eigenvalue weighted by atomic mass is 32.2. The molecule has 0 atom stereocenters. The Morgan fingerprint density at radius 1 is 1.15 bits per heavy atom. The van der Waals surface area contributed by atoms with E-state index in [1.807, 2.05) is 36.4 Å². The Morgan fingerprint density at radius 2 is 1.88 bits per heavy atom. The zero-order valence-electron chi connectivity index (χ0n) is 14.3. The molecule has 3 amide bonds. The Hall–Kier alpha value is -2.38. The number of amides is 3. The largest absolute Gasteiger partial charge is 0.378 e. The number of hydrogen-bond acceptors (Lipinski definition) is 5. The lowest BCUT2D eigenvalue weighted by Crippen LogP contribution is -2.42. The third-order valence-corrected chi connectivity index (χ3v) is 5.05. The summed E-state index contributed by atoms with van der Waals surface area (Å²) < 4.78 is 5.22. The lowest BCUT2D eigenvalue weighted by atomic mass is 10.2. The minimum atomic E-state index is -0.340. The number of ether oxygens (including phenoxy) is 1. The smallest absolute Gasteiger partial charge is 0.293 e. The molecule has 0 bridgehead atoms. The number of morpholine rings is 1. The normalized spacial score (nSPS) is 19.8. The quantitative estimate of drug-likeness (QED) is 0.743. The van der Waals surface area contributed by atoms with Crippen LogP contribution in [0.2, 0.25) is 0 Å². The molecule has 136 valence electrons. The van der Waals surface area contributed by atoms with Crippen LogP contribution in [0.1, 0.15) is 12.0 Å². The van der Waals surface area contributed by atoms with Crippen molar-refractivity contribution in [3.05, 3.63) is 53.0 Å². The van der Waals surface area contributed by atoms with Crippen LogP contribution in [0.25, 0.3) is 6.08 Å². The summed E-state index contributed by atoms with van der Waals surface area (Å²) in [6.07, 6.45) is 5.41. The van der Waals surface area contributed by atoms with E-state index >= 15 is 0 Å². The van der Waals surface area contributed by atoms with Crippen LogP contribution in [0.5, 0.6) is 0 Å². The van der Waals surface area contributed by atoms with Gasteiger partial charge in [-0.25, -0.2) is 0 Å². The number of nitrogens with zero attached hydrogens (tertiary/aromatic N) is 2. The summed E-state index contributed by atoms with van der Waals surface area (Å²) >= 11 is 0.907. The van der Waals surface area contributed by atoms with Gasteiger partial charge in [-0.3, -0.25) is 19.3 Å². The molecule has 2 saturated heterocycles. The van der Waals surface area contributed by atoms with Crippen LogP contribution >= 0.6 is 11.8 Å².